The van der Waals surface area contributed by atoms with Gasteiger partial charge in [-0.3, -0.25) is 0 Å². The van der Waals surface area contributed by atoms with Crippen LogP contribution in [0.15, 0.2) is 35.4 Å². The zero-order valence-corrected chi connectivity index (χ0v) is 14.4. The lowest BCUT2D eigenvalue weighted by molar-refractivity contribution is 0.123. The van der Waals surface area contributed by atoms with Crippen LogP contribution in [-0.4, -0.2) is 18.0 Å². The molecule has 3 heteroatoms. The van der Waals surface area contributed by atoms with Crippen molar-refractivity contribution in [2.45, 2.75) is 62.8 Å². The molecule has 0 spiro atoms. The van der Waals surface area contributed by atoms with Crippen LogP contribution in [0.25, 0.3) is 0 Å². The van der Waals surface area contributed by atoms with Crippen LogP contribution in [0.3, 0.4) is 0 Å². The number of aryl methyl sites for hydroxylation is 1. The maximum atomic E-state index is 12.7. The number of likely N-dealkylation sites (tertiary alicyclic amines) is 1. The van der Waals surface area contributed by atoms with Crippen LogP contribution in [0.2, 0.25) is 0 Å². The average molecular weight is 307 g/mol. The number of nitrogens with zero attached hydrogens (tertiary/aromatic N) is 1. The number of likely N-dealkylation sites (N-methyl/N-ethyl adjacent to an activating group) is 1. The molecule has 21 heavy (non-hydrogen) atoms. The first kappa shape index (κ1) is 16.4. The summed E-state index contributed by atoms with van der Waals surface area (Å²) >= 11 is 0.346. The van der Waals surface area contributed by atoms with E-state index in [0.717, 1.165) is 30.6 Å². The topological polar surface area (TPSA) is 3.24 Å². The minimum absolute atomic E-state index is 0.184. The van der Waals surface area contributed by atoms with Crippen molar-refractivity contribution >= 4 is 12.1 Å². The Bertz CT molecular complexity index is 528. The fourth-order valence-electron chi connectivity index (χ4n) is 3.90. The number of benzene rings is 1. The standard InChI is InChI=1S/C16H20FNS.C2H6/c1-11-8-9-16(2)14-6-5-13(19-17)10-12(14)4-7-15(16)18(11)3;1-2/h5-6,10,15H,1,4,7-9H2,2-3H3;1-2H3. The van der Waals surface area contributed by atoms with E-state index < -0.39 is 0 Å². The van der Waals surface area contributed by atoms with Gasteiger partial charge >= 0.3 is 0 Å². The fraction of sp³-hybridized carbons (Fsp3) is 0.556. The Balaban J connectivity index is 0.000000774. The SMILES string of the molecule is C=C1CCC2(C)c3ccc(SF)cc3CCC2N1C.CC. The minimum Gasteiger partial charge on any atom is -0.374 e. The summed E-state index contributed by atoms with van der Waals surface area (Å²) in [7, 11) is 2.17. The summed E-state index contributed by atoms with van der Waals surface area (Å²) in [5.41, 5.74) is 4.19. The van der Waals surface area contributed by atoms with Gasteiger partial charge in [-0.1, -0.05) is 33.4 Å². The van der Waals surface area contributed by atoms with Crippen molar-refractivity contribution in [1.82, 2.24) is 4.90 Å². The minimum atomic E-state index is 0.184. The highest BCUT2D eigenvalue weighted by atomic mass is 32.2. The molecule has 1 aromatic rings. The summed E-state index contributed by atoms with van der Waals surface area (Å²) in [5.74, 6) is 0. The second-order valence-corrected chi connectivity index (χ2v) is 6.67. The third kappa shape index (κ3) is 2.73. The Labute approximate surface area is 132 Å². The van der Waals surface area contributed by atoms with Gasteiger partial charge in [0.25, 0.3) is 0 Å². The van der Waals surface area contributed by atoms with Crippen molar-refractivity contribution in [3.8, 4) is 0 Å². The highest BCUT2D eigenvalue weighted by Gasteiger charge is 2.45. The number of hydrogen-bond acceptors (Lipinski definition) is 2. The van der Waals surface area contributed by atoms with Gasteiger partial charge in [0, 0.05) is 29.1 Å². The van der Waals surface area contributed by atoms with Crippen LogP contribution >= 0.6 is 12.1 Å². The Kier molecular flexibility index (Phi) is 5.03. The van der Waals surface area contributed by atoms with E-state index >= 15 is 0 Å². The molecule has 3 rings (SSSR count). The molecule has 1 saturated heterocycles. The van der Waals surface area contributed by atoms with E-state index in [2.05, 4.69) is 31.5 Å². The predicted octanol–water partition coefficient (Wildman–Crippen LogP) is 5.50. The molecule has 0 radical (unpaired) electrons. The average Bonchev–Trinajstić information content (AvgIpc) is 2.53. The van der Waals surface area contributed by atoms with Gasteiger partial charge in [0.15, 0.2) is 0 Å². The summed E-state index contributed by atoms with van der Waals surface area (Å²) in [6.07, 6.45) is 4.39. The fourth-order valence-corrected chi connectivity index (χ4v) is 4.20. The zero-order chi connectivity index (χ0) is 15.6. The van der Waals surface area contributed by atoms with Crippen LogP contribution in [0.4, 0.5) is 3.89 Å². The molecule has 0 saturated carbocycles. The molecule has 1 aliphatic carbocycles. The molecule has 116 valence electrons. The Hall–Kier alpha value is -0.960. The number of rotatable bonds is 1. The van der Waals surface area contributed by atoms with Gasteiger partial charge in [-0.2, -0.15) is 3.89 Å². The van der Waals surface area contributed by atoms with Crippen LogP contribution < -0.4 is 0 Å². The molecule has 1 aromatic carbocycles. The monoisotopic (exact) mass is 307 g/mol. The van der Waals surface area contributed by atoms with Gasteiger partial charge in [0.1, 0.15) is 0 Å². The van der Waals surface area contributed by atoms with E-state index in [4.69, 9.17) is 0 Å². The summed E-state index contributed by atoms with van der Waals surface area (Å²) in [4.78, 5) is 3.10. The van der Waals surface area contributed by atoms with E-state index in [1.165, 1.54) is 16.8 Å². The molecular formula is C18H26FNS. The molecule has 0 N–H and O–H groups in total. The second kappa shape index (κ2) is 6.43. The van der Waals surface area contributed by atoms with E-state index in [1.807, 2.05) is 26.0 Å². The number of hydrogen-bond donors (Lipinski definition) is 0. The largest absolute Gasteiger partial charge is 0.374 e. The quantitative estimate of drug-likeness (QED) is 0.674. The van der Waals surface area contributed by atoms with Crippen LogP contribution in [0.5, 0.6) is 0 Å². The predicted molar refractivity (Wildman–Crippen MR) is 90.4 cm³/mol. The van der Waals surface area contributed by atoms with E-state index in [0.29, 0.717) is 18.2 Å². The lowest BCUT2D eigenvalue weighted by atomic mass is 9.63. The van der Waals surface area contributed by atoms with Gasteiger partial charge < -0.3 is 4.90 Å². The summed E-state index contributed by atoms with van der Waals surface area (Å²) < 4.78 is 12.7. The van der Waals surface area contributed by atoms with Crippen molar-refractivity contribution in [3.05, 3.63) is 41.6 Å². The van der Waals surface area contributed by atoms with Crippen molar-refractivity contribution in [3.63, 3.8) is 0 Å². The van der Waals surface area contributed by atoms with Crippen molar-refractivity contribution in [1.29, 1.82) is 0 Å². The number of fused-ring (bicyclic) bond motifs is 3. The molecule has 1 fully saturated rings. The van der Waals surface area contributed by atoms with Gasteiger partial charge in [-0.15, -0.1) is 0 Å². The van der Waals surface area contributed by atoms with Crippen molar-refractivity contribution in [2.75, 3.05) is 7.05 Å². The molecule has 0 bridgehead atoms. The van der Waals surface area contributed by atoms with Gasteiger partial charge in [0.05, 0.1) is 12.1 Å². The lowest BCUT2D eigenvalue weighted by Gasteiger charge is -2.52. The molecular weight excluding hydrogens is 281 g/mol. The Morgan fingerprint density at radius 2 is 2.05 bits per heavy atom. The number of halogens is 1. The summed E-state index contributed by atoms with van der Waals surface area (Å²) in [6, 6.07) is 6.63. The van der Waals surface area contributed by atoms with Gasteiger partial charge in [-0.05, 0) is 48.9 Å². The molecule has 1 nitrogen and oxygen atoms in total. The van der Waals surface area contributed by atoms with E-state index in [9.17, 15) is 3.89 Å². The smallest absolute Gasteiger partial charge is 0.0812 e. The zero-order valence-electron chi connectivity index (χ0n) is 13.6. The summed E-state index contributed by atoms with van der Waals surface area (Å²) in [6.45, 7) is 10.5. The Morgan fingerprint density at radius 1 is 1.33 bits per heavy atom. The first-order valence-electron chi connectivity index (χ1n) is 7.89. The maximum absolute atomic E-state index is 12.7. The molecule has 0 aromatic heterocycles. The molecule has 0 amide bonds. The summed E-state index contributed by atoms with van der Waals surface area (Å²) in [5, 5.41) is 0. The van der Waals surface area contributed by atoms with Crippen LogP contribution in [0, 0.1) is 0 Å². The van der Waals surface area contributed by atoms with E-state index in [1.54, 1.807) is 0 Å². The van der Waals surface area contributed by atoms with Crippen molar-refractivity contribution < 1.29 is 3.89 Å². The van der Waals surface area contributed by atoms with Gasteiger partial charge in [-0.25, -0.2) is 0 Å². The van der Waals surface area contributed by atoms with Crippen LogP contribution in [-0.2, 0) is 11.8 Å². The second-order valence-electron chi connectivity index (χ2n) is 6.05. The molecule has 1 heterocycles. The Morgan fingerprint density at radius 3 is 2.71 bits per heavy atom. The van der Waals surface area contributed by atoms with Gasteiger partial charge in [0.2, 0.25) is 0 Å². The third-order valence-corrected chi connectivity index (χ3v) is 5.53. The first-order valence-corrected chi connectivity index (χ1v) is 8.60. The van der Waals surface area contributed by atoms with E-state index in [-0.39, 0.29) is 5.41 Å². The highest BCUT2D eigenvalue weighted by Crippen LogP contribution is 2.47. The molecule has 1 aliphatic heterocycles. The molecule has 2 unspecified atom stereocenters. The highest BCUT2D eigenvalue weighted by molar-refractivity contribution is 7.94. The lowest BCUT2D eigenvalue weighted by Crippen LogP contribution is -2.53. The third-order valence-electron chi connectivity index (χ3n) is 5.10. The number of allylic oxidation sites excluding steroid dienone is 1. The van der Waals surface area contributed by atoms with Crippen molar-refractivity contribution in [2.24, 2.45) is 0 Å². The normalized spacial score (nSPS) is 27.4. The maximum Gasteiger partial charge on any atom is 0.0812 e. The van der Waals surface area contributed by atoms with Crippen LogP contribution in [0.1, 0.15) is 51.2 Å². The molecule has 2 aliphatic rings. The molecule has 2 atom stereocenters. The number of piperidine rings is 1. The first-order chi connectivity index (χ1) is 10.1.